The van der Waals surface area contributed by atoms with Crippen LogP contribution in [0.3, 0.4) is 0 Å². The van der Waals surface area contributed by atoms with E-state index < -0.39 is 8.07 Å². The van der Waals surface area contributed by atoms with Gasteiger partial charge in [0.15, 0.2) is 0 Å². The molecule has 0 heterocycles. The maximum absolute atomic E-state index is 2.66. The number of fused-ring (bicyclic) bond motifs is 2. The molecule has 0 fully saturated rings. The van der Waals surface area contributed by atoms with Gasteiger partial charge in [0.25, 0.3) is 0 Å². The molecule has 2 aliphatic carbocycles. The number of hydrogen-bond donors (Lipinski definition) is 0. The summed E-state index contributed by atoms with van der Waals surface area (Å²) in [5.41, 5.74) is 11.0. The van der Waals surface area contributed by atoms with Gasteiger partial charge in [-0.1, -0.05) is 0 Å². The van der Waals surface area contributed by atoms with Crippen molar-refractivity contribution in [3.8, 4) is 0 Å². The number of benzene rings is 3. The van der Waals surface area contributed by atoms with Crippen molar-refractivity contribution in [2.75, 3.05) is 0 Å². The summed E-state index contributed by atoms with van der Waals surface area (Å²) < 4.78 is 0.127. The van der Waals surface area contributed by atoms with Crippen molar-refractivity contribution < 1.29 is 0 Å². The molecule has 156 valence electrons. The van der Waals surface area contributed by atoms with Gasteiger partial charge in [0.05, 0.1) is 0 Å². The quantitative estimate of drug-likeness (QED) is 0.368. The fraction of sp³-hybridized carbons (Fsp3) is 0.267. The molecule has 32 heavy (non-hydrogen) atoms. The molecule has 2 aliphatic rings. The predicted molar refractivity (Wildman–Crippen MR) is 142 cm³/mol. The fourth-order valence-electron chi connectivity index (χ4n) is 6.17. The molecular weight excluding hydrogens is 395 g/mol. The summed E-state index contributed by atoms with van der Waals surface area (Å²) in [5, 5.41) is 0. The van der Waals surface area contributed by atoms with Crippen LogP contribution in [0.2, 0.25) is 13.1 Å². The average Bonchev–Trinajstić information content (AvgIpc) is 3.31. The molecule has 0 nitrogen and oxygen atoms in total. The second-order valence-corrected chi connectivity index (χ2v) is 15.7. The van der Waals surface area contributed by atoms with Gasteiger partial charge in [-0.3, -0.25) is 0 Å². The van der Waals surface area contributed by atoms with Crippen molar-refractivity contribution in [3.63, 3.8) is 0 Å². The van der Waals surface area contributed by atoms with E-state index in [1.807, 2.05) is 0 Å². The SMILES string of the molecule is [Li][C]1([Si](C)(C)C2C=C(CC(C)c3ccccc3)c3ccccc32)C=C(C)c2ccccc21. The van der Waals surface area contributed by atoms with Gasteiger partial charge in [-0.05, 0) is 0 Å². The first-order valence-corrected chi connectivity index (χ1v) is 15.0. The molecule has 2 heteroatoms. The first-order valence-electron chi connectivity index (χ1n) is 12.0. The van der Waals surface area contributed by atoms with E-state index in [0.717, 1.165) is 6.42 Å². The number of hydrogen-bond acceptors (Lipinski definition) is 0. The van der Waals surface area contributed by atoms with Crippen molar-refractivity contribution in [3.05, 3.63) is 119 Å². The second kappa shape index (κ2) is 8.07. The van der Waals surface area contributed by atoms with E-state index >= 15 is 0 Å². The Morgan fingerprint density at radius 3 is 2.25 bits per heavy atom. The molecule has 0 amide bonds. The third-order valence-corrected chi connectivity index (χ3v) is 13.6. The molecule has 0 bridgehead atoms. The minimum atomic E-state index is -1.83. The van der Waals surface area contributed by atoms with E-state index in [0.29, 0.717) is 11.5 Å². The Bertz CT molecular complexity index is 1220. The minimum absolute atomic E-state index is 0.127. The van der Waals surface area contributed by atoms with Crippen LogP contribution in [0.25, 0.3) is 11.1 Å². The molecule has 0 aromatic heterocycles. The van der Waals surface area contributed by atoms with Gasteiger partial charge in [-0.15, -0.1) is 0 Å². The van der Waals surface area contributed by atoms with E-state index in [2.05, 4.69) is 136 Å². The fourth-order valence-corrected chi connectivity index (χ4v) is 9.96. The molecule has 0 saturated carbocycles. The van der Waals surface area contributed by atoms with Crippen molar-refractivity contribution in [1.82, 2.24) is 0 Å². The summed E-state index contributed by atoms with van der Waals surface area (Å²) in [6.07, 6.45) is 6.35. The van der Waals surface area contributed by atoms with Gasteiger partial charge < -0.3 is 0 Å². The van der Waals surface area contributed by atoms with Crippen LogP contribution in [-0.4, -0.2) is 25.8 Å². The van der Waals surface area contributed by atoms with Gasteiger partial charge in [-0.25, -0.2) is 0 Å². The van der Waals surface area contributed by atoms with Gasteiger partial charge in [0, 0.05) is 0 Å². The van der Waals surface area contributed by atoms with Crippen molar-refractivity contribution >= 4 is 36.9 Å². The first kappa shape index (κ1) is 21.8. The zero-order valence-electron chi connectivity index (χ0n) is 20.0. The zero-order chi connectivity index (χ0) is 22.5. The predicted octanol–water partition coefficient (Wildman–Crippen LogP) is 7.63. The van der Waals surface area contributed by atoms with Crippen LogP contribution < -0.4 is 0 Å². The van der Waals surface area contributed by atoms with Crippen molar-refractivity contribution in [1.29, 1.82) is 0 Å². The molecule has 0 saturated heterocycles. The van der Waals surface area contributed by atoms with E-state index in [-0.39, 0.29) is 3.71 Å². The van der Waals surface area contributed by atoms with Gasteiger partial charge in [-0.2, -0.15) is 0 Å². The van der Waals surface area contributed by atoms with Gasteiger partial charge in [0.2, 0.25) is 0 Å². The molecule has 0 spiro atoms. The summed E-state index contributed by atoms with van der Waals surface area (Å²) in [6, 6.07) is 29.3. The van der Waals surface area contributed by atoms with Gasteiger partial charge in [0.1, 0.15) is 0 Å². The molecular formula is C30H31LiSi. The molecule has 3 aromatic rings. The Morgan fingerprint density at radius 2 is 1.50 bits per heavy atom. The molecule has 3 unspecified atom stereocenters. The summed E-state index contributed by atoms with van der Waals surface area (Å²) >= 11 is 2.51. The monoisotopic (exact) mass is 426 g/mol. The van der Waals surface area contributed by atoms with Crippen LogP contribution in [0.15, 0.2) is 91.0 Å². The van der Waals surface area contributed by atoms with Crippen molar-refractivity contribution in [2.24, 2.45) is 0 Å². The Morgan fingerprint density at radius 1 is 0.875 bits per heavy atom. The summed E-state index contributed by atoms with van der Waals surface area (Å²) in [7, 11) is -1.83. The average molecular weight is 427 g/mol. The Balaban J connectivity index is 1.56. The third kappa shape index (κ3) is 3.34. The summed E-state index contributed by atoms with van der Waals surface area (Å²) in [5.74, 6) is 0.518. The number of rotatable bonds is 5. The topological polar surface area (TPSA) is 0 Å². The summed E-state index contributed by atoms with van der Waals surface area (Å²) in [6.45, 7) is 9.88. The Hall–Kier alpha value is -2.05. The molecule has 5 rings (SSSR count). The van der Waals surface area contributed by atoms with Crippen LogP contribution in [0.1, 0.15) is 59.5 Å². The van der Waals surface area contributed by atoms with Crippen LogP contribution in [-0.2, 0) is 3.71 Å². The molecule has 0 N–H and O–H groups in total. The van der Waals surface area contributed by atoms with E-state index in [1.165, 1.54) is 33.4 Å². The van der Waals surface area contributed by atoms with Crippen LogP contribution >= 0.6 is 0 Å². The first-order chi connectivity index (χ1) is 15.3. The van der Waals surface area contributed by atoms with Crippen LogP contribution in [0, 0.1) is 0 Å². The van der Waals surface area contributed by atoms with Gasteiger partial charge >= 0.3 is 204 Å². The van der Waals surface area contributed by atoms with Crippen LogP contribution in [0.4, 0.5) is 0 Å². The normalized spacial score (nSPS) is 22.8. The summed E-state index contributed by atoms with van der Waals surface area (Å²) in [4.78, 5) is 0. The maximum atomic E-state index is 2.66. The molecule has 3 aromatic carbocycles. The Kier molecular flexibility index (Phi) is 5.49. The third-order valence-electron chi connectivity index (χ3n) is 8.44. The van der Waals surface area contributed by atoms with E-state index in [1.54, 1.807) is 5.56 Å². The van der Waals surface area contributed by atoms with E-state index in [4.69, 9.17) is 0 Å². The van der Waals surface area contributed by atoms with E-state index in [9.17, 15) is 0 Å². The second-order valence-electron chi connectivity index (χ2n) is 10.6. The molecule has 3 atom stereocenters. The standard InChI is InChI=1S/C30H31Si.Li/c1-21(23-12-6-5-7-13-23)18-24-20-30(28-17-11-9-15-26(24)28)31(3,4)29-19-22(2)25-14-8-10-16-27(25)29;/h5-17,19-21,30H,18H2,1-4H3;. The molecule has 0 radical (unpaired) electrons. The van der Waals surface area contributed by atoms with Crippen molar-refractivity contribution in [2.45, 2.75) is 48.5 Å². The van der Waals surface area contributed by atoms with Crippen LogP contribution in [0.5, 0.6) is 0 Å². The molecule has 0 aliphatic heterocycles. The Labute approximate surface area is 203 Å². The number of allylic oxidation sites excluding steroid dienone is 4. The zero-order valence-corrected chi connectivity index (χ0v) is 21.0.